The second kappa shape index (κ2) is 57.6. The van der Waals surface area contributed by atoms with Crippen LogP contribution in [-0.2, 0) is 73.4 Å². The molecule has 726 valence electrons. The minimum absolute atomic E-state index is 0.00662. The molecule has 5 aromatic rings. The molecule has 0 aliphatic rings. The van der Waals surface area contributed by atoms with E-state index in [9.17, 15) is 107 Å². The number of ketones is 6. The minimum Gasteiger partial charge on any atom is -0.481 e. The molecule has 5 atom stereocenters. The number of amides is 10. The molecule has 10 amide bonds. The summed E-state index contributed by atoms with van der Waals surface area (Å²) in [5.74, 6) is -6.30. The number of benzene rings is 5. The highest BCUT2D eigenvalue weighted by molar-refractivity contribution is 9.11. The van der Waals surface area contributed by atoms with Crippen LogP contribution in [-0.4, -0.2) is 155 Å². The first-order chi connectivity index (χ1) is 60.6. The predicted molar refractivity (Wildman–Crippen MR) is 495 cm³/mol. The van der Waals surface area contributed by atoms with Gasteiger partial charge in [-0.1, -0.05) is 116 Å². The van der Waals surface area contributed by atoms with Gasteiger partial charge in [0.05, 0.1) is 82.4 Å². The number of ether oxygens (including phenoxy) is 2. The number of aliphatic carboxylic acids is 2. The lowest BCUT2D eigenvalue weighted by Gasteiger charge is -2.29. The zero-order chi connectivity index (χ0) is 100. The van der Waals surface area contributed by atoms with E-state index >= 15 is 0 Å². The van der Waals surface area contributed by atoms with Crippen LogP contribution in [0.2, 0.25) is 0 Å². The maximum absolute atomic E-state index is 13.8. The number of urea groups is 5. The number of rotatable bonds is 41. The quantitative estimate of drug-likeness (QED) is 0.0128. The fourth-order valence-corrected chi connectivity index (χ4v) is 12.9. The van der Waals surface area contributed by atoms with Gasteiger partial charge in [0.25, 0.3) is 0 Å². The molecule has 0 spiro atoms. The smallest absolute Gasteiger partial charge is 0.416 e. The van der Waals surface area contributed by atoms with Gasteiger partial charge in [0.1, 0.15) is 34.4 Å². The minimum atomic E-state index is -4.48. The van der Waals surface area contributed by atoms with Crippen molar-refractivity contribution in [3.05, 3.63) is 140 Å². The number of nitrogens with one attached hydrogen (secondary N) is 10. The van der Waals surface area contributed by atoms with Gasteiger partial charge < -0.3 is 77.6 Å². The molecule has 0 saturated heterocycles. The zero-order valence-electron chi connectivity index (χ0n) is 76.3. The van der Waals surface area contributed by atoms with Gasteiger partial charge in [0.15, 0.2) is 38.8 Å². The molecule has 0 aromatic heterocycles. The Labute approximate surface area is 785 Å². The number of esters is 2. The normalized spacial score (nSPS) is 12.4. The van der Waals surface area contributed by atoms with Crippen LogP contribution in [0.25, 0.3) is 0 Å². The molecular weight excluding hydrogens is 1940 g/mol. The summed E-state index contributed by atoms with van der Waals surface area (Å²) in [6.07, 6.45) is -0.276. The standard InChI is InChI=1S/C23H33F3N2O4.C19H26BrFN2O4.C17H24N2O6S.C16H20BrFN2O3.C15H18BrFN2O4/c1-14(2)12-17(18(29)13-22(6,7)19(30)32-21(3,4)5)28-20(31)27-16-10-8-15(9-11-16)23(24,25)26;1-5-6-15(16(24)9-10-17(25)27-19(2,3)4)23-18(26)22-14-8-7-12(20)11-13(14)21;1-11(2)10-14(15(20)8-9-16(21)22)19-17(23)18-12-4-6-13(7-5-12)26(3,24)25;1-3-4-14(15(22)8-5-10(2)21)20-16(23)19-13-7-6-11(17)9-12(13)18;1-2-3-12(13(20)6-7-14(21)22)19-15(23)18-11-5-4-9(16)8-10(11)17/h8-11,14,17H,12-13H2,1-7H3,(H2,27,28,31);7-8,11,15H,5-6,9-10H2,1-4H3,(H2,22,23,26);4-7,11,14H,8-10H2,1-3H3,(H,21,22)(H2,18,19,23);6-7,9,14H,3-5,8H2,1-2H3,(H2,19,20,23);4-5,8,12H,2-3,6-7H2,1H3,(H,21,22)(H2,18,19,23)/t17-;15-;2*14-;12-/m00000/s1. The molecule has 0 fully saturated rings. The van der Waals surface area contributed by atoms with Crippen molar-refractivity contribution in [2.75, 3.05) is 32.8 Å². The van der Waals surface area contributed by atoms with Crippen molar-refractivity contribution in [2.45, 2.75) is 272 Å². The Morgan fingerprint density at radius 1 is 0.405 bits per heavy atom. The molecule has 12 N–H and O–H groups in total. The second-order valence-corrected chi connectivity index (χ2v) is 38.4. The third-order valence-electron chi connectivity index (χ3n) is 17.6. The number of hydrogen-bond acceptors (Lipinski definition) is 19. The van der Waals surface area contributed by atoms with Crippen LogP contribution >= 0.6 is 47.8 Å². The number of hydrogen-bond donors (Lipinski definition) is 12. The van der Waals surface area contributed by atoms with Crippen molar-refractivity contribution in [1.82, 2.24) is 26.6 Å². The molecule has 5 rings (SSSR count). The third kappa shape index (κ3) is 51.6. The molecule has 5 aromatic carbocycles. The number of alkyl halides is 3. The lowest BCUT2D eigenvalue weighted by molar-refractivity contribution is -0.167. The van der Waals surface area contributed by atoms with E-state index < -0.39 is 140 Å². The van der Waals surface area contributed by atoms with Crippen molar-refractivity contribution in [3.8, 4) is 0 Å². The highest BCUT2D eigenvalue weighted by atomic mass is 79.9. The van der Waals surface area contributed by atoms with Crippen LogP contribution < -0.4 is 53.2 Å². The van der Waals surface area contributed by atoms with Crippen molar-refractivity contribution < 1.29 is 126 Å². The first-order valence-corrected chi connectivity index (χ1v) is 46.1. The SMILES string of the molecule is CC(C)C[C@H](NC(=O)Nc1ccc(C(F)(F)F)cc1)C(=O)CC(C)(C)C(=O)OC(C)(C)C.CC(C)C[C@H](NC(=O)Nc1ccc(S(C)(=O)=O)cc1)C(=O)CCC(=O)O.CCC[C@H](NC(=O)Nc1ccc(Br)cc1F)C(=O)CCC(=O)O.CCC[C@H](NC(=O)Nc1ccc(Br)cc1F)C(=O)CCC(=O)OC(C)(C)C.CCC[C@H](NC(=O)Nc1ccc(Br)cc1F)C(=O)CCC(C)=O. The molecule has 0 aliphatic heterocycles. The average Bonchev–Trinajstić information content (AvgIpc) is 0.838. The summed E-state index contributed by atoms with van der Waals surface area (Å²) >= 11 is 9.38. The van der Waals surface area contributed by atoms with E-state index in [-0.39, 0.29) is 132 Å². The fourth-order valence-electron chi connectivity index (χ4n) is 11.3. The second-order valence-electron chi connectivity index (χ2n) is 33.6. The molecule has 0 aliphatic carbocycles. The number of halogens is 9. The topological polar surface area (TPSA) is 469 Å². The summed E-state index contributed by atoms with van der Waals surface area (Å²) in [5.41, 5.74) is -2.70. The number of carboxylic acids is 2. The summed E-state index contributed by atoms with van der Waals surface area (Å²) in [7, 11) is -3.33. The van der Waals surface area contributed by atoms with Gasteiger partial charge in [-0.3, -0.25) is 43.2 Å². The Balaban J connectivity index is 0.000000823. The number of carbonyl (C=O) groups excluding carboxylic acids is 13. The molecule has 0 heterocycles. The Bertz CT molecular complexity index is 4720. The summed E-state index contributed by atoms with van der Waals surface area (Å²) in [6.45, 7) is 28.2. The lowest BCUT2D eigenvalue weighted by atomic mass is 9.84. The van der Waals surface area contributed by atoms with E-state index in [4.69, 9.17) is 19.7 Å². The van der Waals surface area contributed by atoms with Crippen LogP contribution in [0.3, 0.4) is 0 Å². The largest absolute Gasteiger partial charge is 0.481 e. The van der Waals surface area contributed by atoms with Gasteiger partial charge in [0.2, 0.25) is 0 Å². The van der Waals surface area contributed by atoms with E-state index in [1.807, 2.05) is 48.5 Å². The van der Waals surface area contributed by atoms with Crippen molar-refractivity contribution >= 4 is 175 Å². The molecule has 0 radical (unpaired) electrons. The lowest BCUT2D eigenvalue weighted by Crippen LogP contribution is -2.46. The maximum Gasteiger partial charge on any atom is 0.416 e. The monoisotopic (exact) mass is 2060 g/mol. The average molecular weight is 2060 g/mol. The van der Waals surface area contributed by atoms with E-state index in [1.54, 1.807) is 73.6 Å². The van der Waals surface area contributed by atoms with Gasteiger partial charge in [-0.2, -0.15) is 13.2 Å². The third-order valence-corrected chi connectivity index (χ3v) is 20.2. The van der Waals surface area contributed by atoms with Crippen LogP contribution in [0.5, 0.6) is 0 Å². The molecular formula is C90H121Br3F6N10O21S. The maximum atomic E-state index is 13.8. The Morgan fingerprint density at radius 2 is 0.702 bits per heavy atom. The number of carbonyl (C=O) groups is 15. The molecule has 131 heavy (non-hydrogen) atoms. The van der Waals surface area contributed by atoms with Crippen LogP contribution in [0.1, 0.15) is 225 Å². The van der Waals surface area contributed by atoms with Gasteiger partial charge in [-0.15, -0.1) is 0 Å². The highest BCUT2D eigenvalue weighted by Crippen LogP contribution is 2.32. The van der Waals surface area contributed by atoms with Gasteiger partial charge >= 0.3 is 60.2 Å². The zero-order valence-corrected chi connectivity index (χ0v) is 81.9. The summed E-state index contributed by atoms with van der Waals surface area (Å²) in [5, 5.41) is 42.0. The first-order valence-electron chi connectivity index (χ1n) is 41.8. The molecule has 41 heteroatoms. The van der Waals surface area contributed by atoms with E-state index in [1.165, 1.54) is 67.6 Å². The molecule has 0 bridgehead atoms. The number of carboxylic acid groups (broad SMARTS) is 2. The first kappa shape index (κ1) is 118. The fraction of sp³-hybridized carbons (Fsp3) is 0.500. The van der Waals surface area contributed by atoms with Crippen LogP contribution in [0.15, 0.2) is 121 Å². The van der Waals surface area contributed by atoms with E-state index in [2.05, 4.69) is 101 Å². The molecule has 0 unspecified atom stereocenters. The van der Waals surface area contributed by atoms with Gasteiger partial charge in [0, 0.05) is 69.6 Å². The Hall–Kier alpha value is -10.7. The van der Waals surface area contributed by atoms with Crippen molar-refractivity contribution in [3.63, 3.8) is 0 Å². The van der Waals surface area contributed by atoms with E-state index in [0.717, 1.165) is 30.5 Å². The van der Waals surface area contributed by atoms with Crippen LogP contribution in [0.4, 0.5) is 78.8 Å². The Morgan fingerprint density at radius 3 is 0.992 bits per heavy atom. The number of Topliss-reactive ketones (excluding diaryl/α,β-unsaturated/α-hetero) is 6. The number of anilines is 5. The Kier molecular flexibility index (Phi) is 52.0. The highest BCUT2D eigenvalue weighted by Gasteiger charge is 2.38. The summed E-state index contributed by atoms with van der Waals surface area (Å²) < 4.78 is 114. The van der Waals surface area contributed by atoms with E-state index in [0.29, 0.717) is 70.5 Å². The predicted octanol–water partition coefficient (Wildman–Crippen LogP) is 19.3. The molecule has 0 saturated carbocycles. The van der Waals surface area contributed by atoms with Gasteiger partial charge in [-0.25, -0.2) is 45.6 Å². The van der Waals surface area contributed by atoms with Gasteiger partial charge in [-0.05, 0) is 209 Å². The van der Waals surface area contributed by atoms with Crippen LogP contribution in [0, 0.1) is 34.7 Å². The summed E-state index contributed by atoms with van der Waals surface area (Å²) in [6, 6.07) is 15.0. The number of sulfone groups is 1. The van der Waals surface area contributed by atoms with Crippen molar-refractivity contribution in [1.29, 1.82) is 0 Å². The molecule has 31 nitrogen and oxygen atoms in total. The summed E-state index contributed by atoms with van der Waals surface area (Å²) in [4.78, 5) is 178. The van der Waals surface area contributed by atoms with Crippen molar-refractivity contribution in [2.24, 2.45) is 17.3 Å².